The molecule has 18 heavy (non-hydrogen) atoms. The minimum absolute atomic E-state index is 0.467. The van der Waals surface area contributed by atoms with Gasteiger partial charge in [-0.1, -0.05) is 30.3 Å². The molecule has 2 heteroatoms. The average Bonchev–Trinajstić information content (AvgIpc) is 2.89. The van der Waals surface area contributed by atoms with Gasteiger partial charge >= 0.3 is 0 Å². The first kappa shape index (κ1) is 11.9. The lowest BCUT2D eigenvalue weighted by Crippen LogP contribution is -2.37. The van der Waals surface area contributed by atoms with Crippen LogP contribution in [0.25, 0.3) is 0 Å². The highest BCUT2D eigenvalue weighted by molar-refractivity contribution is 5.79. The Morgan fingerprint density at radius 2 is 1.94 bits per heavy atom. The number of hydrogen-bond acceptors (Lipinski definition) is 2. The third-order valence-corrected chi connectivity index (χ3v) is 4.46. The van der Waals surface area contributed by atoms with Crippen LogP contribution < -0.4 is 0 Å². The molecule has 2 atom stereocenters. The van der Waals surface area contributed by atoms with Gasteiger partial charge in [-0.3, -0.25) is 9.69 Å². The third kappa shape index (κ3) is 2.49. The zero-order valence-electron chi connectivity index (χ0n) is 10.8. The van der Waals surface area contributed by atoms with Crippen LogP contribution in [0.2, 0.25) is 0 Å². The molecule has 1 aliphatic carbocycles. The number of benzene rings is 1. The van der Waals surface area contributed by atoms with Crippen molar-refractivity contribution in [2.75, 3.05) is 13.1 Å². The molecule has 3 rings (SSSR count). The minimum Gasteiger partial charge on any atom is -0.300 e. The van der Waals surface area contributed by atoms with Crippen molar-refractivity contribution in [1.82, 2.24) is 4.90 Å². The molecule has 0 N–H and O–H groups in total. The van der Waals surface area contributed by atoms with Crippen molar-refractivity contribution in [2.45, 2.75) is 44.1 Å². The Morgan fingerprint density at radius 1 is 1.11 bits per heavy atom. The van der Waals surface area contributed by atoms with E-state index in [2.05, 4.69) is 35.2 Å². The van der Waals surface area contributed by atoms with E-state index in [0.717, 1.165) is 32.4 Å². The van der Waals surface area contributed by atoms with Crippen molar-refractivity contribution < 1.29 is 4.79 Å². The summed E-state index contributed by atoms with van der Waals surface area (Å²) < 4.78 is 0. The Labute approximate surface area is 109 Å². The van der Waals surface area contributed by atoms with Crippen LogP contribution in [0.3, 0.4) is 0 Å². The number of carbonyl (C=O) groups is 1. The molecular formula is C16H21NO. The zero-order valence-corrected chi connectivity index (χ0v) is 10.8. The van der Waals surface area contributed by atoms with Gasteiger partial charge in [0.1, 0.15) is 5.78 Å². The fourth-order valence-electron chi connectivity index (χ4n) is 3.43. The summed E-state index contributed by atoms with van der Waals surface area (Å²) in [4.78, 5) is 14.1. The van der Waals surface area contributed by atoms with Gasteiger partial charge in [0, 0.05) is 25.4 Å². The number of likely N-dealkylation sites (tertiary alicyclic amines) is 1. The van der Waals surface area contributed by atoms with Crippen LogP contribution in [0.5, 0.6) is 0 Å². The summed E-state index contributed by atoms with van der Waals surface area (Å²) >= 11 is 0. The lowest BCUT2D eigenvalue weighted by molar-refractivity contribution is -0.121. The Kier molecular flexibility index (Phi) is 3.46. The molecular weight excluding hydrogens is 222 g/mol. The molecule has 1 heterocycles. The Bertz CT molecular complexity index is 414. The molecule has 0 aromatic heterocycles. The van der Waals surface area contributed by atoms with Crippen molar-refractivity contribution in [1.29, 1.82) is 0 Å². The normalized spacial score (nSPS) is 29.7. The number of carbonyl (C=O) groups excluding carboxylic acids is 1. The number of nitrogens with zero attached hydrogens (tertiary/aromatic N) is 1. The standard InChI is InChI=1S/C16H21NO/c18-16-8-4-7-15(11-16)17-10-9-14(12-17)13-5-2-1-3-6-13/h1-3,5-6,14-15H,4,7-12H2. The predicted octanol–water partition coefficient (Wildman–Crippen LogP) is 2.99. The largest absolute Gasteiger partial charge is 0.300 e. The molecule has 1 aliphatic heterocycles. The van der Waals surface area contributed by atoms with Gasteiger partial charge in [-0.05, 0) is 37.3 Å². The predicted molar refractivity (Wildman–Crippen MR) is 72.6 cm³/mol. The topological polar surface area (TPSA) is 20.3 Å². The number of ketones is 1. The Balaban J connectivity index is 1.63. The second-order valence-electron chi connectivity index (χ2n) is 5.68. The summed E-state index contributed by atoms with van der Waals surface area (Å²) in [7, 11) is 0. The minimum atomic E-state index is 0.467. The van der Waals surface area contributed by atoms with Gasteiger partial charge in [0.05, 0.1) is 0 Å². The molecule has 1 saturated heterocycles. The first-order valence-electron chi connectivity index (χ1n) is 7.13. The van der Waals surface area contributed by atoms with Crippen molar-refractivity contribution in [3.8, 4) is 0 Å². The molecule has 96 valence electrons. The first-order valence-corrected chi connectivity index (χ1v) is 7.13. The van der Waals surface area contributed by atoms with Gasteiger partial charge in [0.25, 0.3) is 0 Å². The smallest absolute Gasteiger partial charge is 0.134 e. The molecule has 2 unspecified atom stereocenters. The highest BCUT2D eigenvalue weighted by Gasteiger charge is 2.31. The number of rotatable bonds is 2. The second kappa shape index (κ2) is 5.23. The maximum Gasteiger partial charge on any atom is 0.134 e. The van der Waals surface area contributed by atoms with E-state index in [0.29, 0.717) is 17.7 Å². The van der Waals surface area contributed by atoms with E-state index in [-0.39, 0.29) is 0 Å². The lowest BCUT2D eigenvalue weighted by atomic mass is 9.93. The van der Waals surface area contributed by atoms with Crippen LogP contribution in [-0.2, 0) is 4.79 Å². The maximum absolute atomic E-state index is 11.6. The molecule has 2 nitrogen and oxygen atoms in total. The van der Waals surface area contributed by atoms with E-state index >= 15 is 0 Å². The van der Waals surface area contributed by atoms with E-state index in [9.17, 15) is 4.79 Å². The molecule has 1 aromatic rings. The average molecular weight is 243 g/mol. The summed E-state index contributed by atoms with van der Waals surface area (Å²) in [5.74, 6) is 1.14. The van der Waals surface area contributed by atoms with Crippen LogP contribution in [0.4, 0.5) is 0 Å². The van der Waals surface area contributed by atoms with E-state index in [1.54, 1.807) is 0 Å². The molecule has 0 radical (unpaired) electrons. The van der Waals surface area contributed by atoms with Gasteiger partial charge in [0.2, 0.25) is 0 Å². The SMILES string of the molecule is O=C1CCCC(N2CCC(c3ccccc3)C2)C1. The van der Waals surface area contributed by atoms with Crippen LogP contribution in [0, 0.1) is 0 Å². The van der Waals surface area contributed by atoms with Crippen molar-refractivity contribution in [3.05, 3.63) is 35.9 Å². The first-order chi connectivity index (χ1) is 8.83. The van der Waals surface area contributed by atoms with Crippen LogP contribution in [0.1, 0.15) is 43.6 Å². The third-order valence-electron chi connectivity index (χ3n) is 4.46. The molecule has 0 amide bonds. The van der Waals surface area contributed by atoms with Crippen molar-refractivity contribution in [3.63, 3.8) is 0 Å². The van der Waals surface area contributed by atoms with Gasteiger partial charge < -0.3 is 0 Å². The molecule has 1 saturated carbocycles. The highest BCUT2D eigenvalue weighted by atomic mass is 16.1. The monoisotopic (exact) mass is 243 g/mol. The number of Topliss-reactive ketones (excluding diaryl/α,β-unsaturated/α-hetero) is 1. The highest BCUT2D eigenvalue weighted by Crippen LogP contribution is 2.31. The zero-order chi connectivity index (χ0) is 12.4. The molecule has 1 aromatic carbocycles. The fraction of sp³-hybridized carbons (Fsp3) is 0.562. The molecule has 0 spiro atoms. The summed E-state index contributed by atoms with van der Waals surface area (Å²) in [5, 5.41) is 0. The van der Waals surface area contributed by atoms with Gasteiger partial charge in [-0.25, -0.2) is 0 Å². The van der Waals surface area contributed by atoms with E-state index in [1.165, 1.54) is 18.4 Å². The van der Waals surface area contributed by atoms with Gasteiger partial charge in [-0.15, -0.1) is 0 Å². The Morgan fingerprint density at radius 3 is 2.72 bits per heavy atom. The quantitative estimate of drug-likeness (QED) is 0.796. The maximum atomic E-state index is 11.6. The second-order valence-corrected chi connectivity index (χ2v) is 5.68. The molecule has 2 fully saturated rings. The van der Waals surface area contributed by atoms with E-state index < -0.39 is 0 Å². The van der Waals surface area contributed by atoms with Crippen molar-refractivity contribution in [2.24, 2.45) is 0 Å². The number of hydrogen-bond donors (Lipinski definition) is 0. The lowest BCUT2D eigenvalue weighted by Gasteiger charge is -2.30. The fourth-order valence-corrected chi connectivity index (χ4v) is 3.43. The Hall–Kier alpha value is -1.15. The summed E-state index contributed by atoms with van der Waals surface area (Å²) in [5.41, 5.74) is 1.46. The van der Waals surface area contributed by atoms with Crippen LogP contribution in [-0.4, -0.2) is 29.8 Å². The van der Waals surface area contributed by atoms with Gasteiger partial charge in [-0.2, -0.15) is 0 Å². The van der Waals surface area contributed by atoms with Crippen LogP contribution in [0.15, 0.2) is 30.3 Å². The van der Waals surface area contributed by atoms with E-state index in [4.69, 9.17) is 0 Å². The van der Waals surface area contributed by atoms with Crippen LogP contribution >= 0.6 is 0 Å². The summed E-state index contributed by atoms with van der Waals surface area (Å²) in [6.45, 7) is 2.31. The summed E-state index contributed by atoms with van der Waals surface area (Å²) in [6.07, 6.45) is 5.16. The summed E-state index contributed by atoms with van der Waals surface area (Å²) in [6, 6.07) is 11.3. The molecule has 2 aliphatic rings. The van der Waals surface area contributed by atoms with Crippen molar-refractivity contribution >= 4 is 5.78 Å². The van der Waals surface area contributed by atoms with Gasteiger partial charge in [0.15, 0.2) is 0 Å². The van der Waals surface area contributed by atoms with E-state index in [1.807, 2.05) is 0 Å². The molecule has 0 bridgehead atoms.